The van der Waals surface area contributed by atoms with Crippen molar-refractivity contribution in [2.24, 2.45) is 5.41 Å². The fraction of sp³-hybridized carbons (Fsp3) is 0.600. The molecule has 2 amide bonds. The van der Waals surface area contributed by atoms with Crippen molar-refractivity contribution in [3.63, 3.8) is 0 Å². The first-order chi connectivity index (χ1) is 9.91. The van der Waals surface area contributed by atoms with Gasteiger partial charge in [-0.2, -0.15) is 0 Å². The van der Waals surface area contributed by atoms with Crippen molar-refractivity contribution in [1.29, 1.82) is 0 Å². The van der Waals surface area contributed by atoms with Crippen molar-refractivity contribution < 1.29 is 14.0 Å². The number of nitrogens with one attached hydrogen (secondary N) is 1. The van der Waals surface area contributed by atoms with Crippen molar-refractivity contribution in [1.82, 2.24) is 15.1 Å². The third kappa shape index (κ3) is 3.64. The number of hydrogen-bond donors (Lipinski definition) is 1. The SMILES string of the molecule is CN1CCN(C(=O)C(C)(C)C(=O)NCc2ccco2)CC1. The Kier molecular flexibility index (Phi) is 4.67. The van der Waals surface area contributed by atoms with Crippen molar-refractivity contribution in [3.8, 4) is 0 Å². The average molecular weight is 293 g/mol. The second-order valence-electron chi connectivity index (χ2n) is 5.98. The van der Waals surface area contributed by atoms with Crippen molar-refractivity contribution in [2.75, 3.05) is 33.2 Å². The number of carbonyl (C=O) groups is 2. The van der Waals surface area contributed by atoms with Gasteiger partial charge in [0.1, 0.15) is 11.2 Å². The van der Waals surface area contributed by atoms with Gasteiger partial charge in [-0.3, -0.25) is 9.59 Å². The number of likely N-dealkylation sites (N-methyl/N-ethyl adjacent to an activating group) is 1. The average Bonchev–Trinajstić information content (AvgIpc) is 2.98. The van der Waals surface area contributed by atoms with Crippen molar-refractivity contribution in [3.05, 3.63) is 24.2 Å². The van der Waals surface area contributed by atoms with E-state index < -0.39 is 5.41 Å². The van der Waals surface area contributed by atoms with Crippen LogP contribution in [0.4, 0.5) is 0 Å². The van der Waals surface area contributed by atoms with Crippen LogP contribution in [0.25, 0.3) is 0 Å². The van der Waals surface area contributed by atoms with E-state index in [1.807, 2.05) is 7.05 Å². The molecule has 21 heavy (non-hydrogen) atoms. The zero-order chi connectivity index (χ0) is 15.5. The summed E-state index contributed by atoms with van der Waals surface area (Å²) >= 11 is 0. The van der Waals surface area contributed by atoms with E-state index in [4.69, 9.17) is 4.42 Å². The predicted molar refractivity (Wildman–Crippen MR) is 78.4 cm³/mol. The van der Waals surface area contributed by atoms with E-state index in [0.717, 1.165) is 13.1 Å². The Morgan fingerprint density at radius 3 is 2.52 bits per heavy atom. The summed E-state index contributed by atoms with van der Waals surface area (Å²) in [5, 5.41) is 2.76. The van der Waals surface area contributed by atoms with Crippen LogP contribution in [-0.2, 0) is 16.1 Å². The fourth-order valence-electron chi connectivity index (χ4n) is 2.30. The maximum absolute atomic E-state index is 12.6. The molecule has 1 N–H and O–H groups in total. The van der Waals surface area contributed by atoms with E-state index in [0.29, 0.717) is 25.4 Å². The first-order valence-corrected chi connectivity index (χ1v) is 7.20. The molecule has 1 aromatic heterocycles. The Labute approximate surface area is 125 Å². The first-order valence-electron chi connectivity index (χ1n) is 7.20. The monoisotopic (exact) mass is 293 g/mol. The number of hydrogen-bond acceptors (Lipinski definition) is 4. The predicted octanol–water partition coefficient (Wildman–Crippen LogP) is 0.696. The number of furan rings is 1. The maximum atomic E-state index is 12.6. The lowest BCUT2D eigenvalue weighted by atomic mass is 9.90. The summed E-state index contributed by atoms with van der Waals surface area (Å²) in [5.74, 6) is 0.279. The Morgan fingerprint density at radius 1 is 1.29 bits per heavy atom. The van der Waals surface area contributed by atoms with E-state index in [-0.39, 0.29) is 11.8 Å². The normalized spacial score (nSPS) is 16.8. The van der Waals surface area contributed by atoms with Crippen LogP contribution >= 0.6 is 0 Å². The Hall–Kier alpha value is -1.82. The van der Waals surface area contributed by atoms with Crippen molar-refractivity contribution in [2.45, 2.75) is 20.4 Å². The second kappa shape index (κ2) is 6.30. The molecular weight excluding hydrogens is 270 g/mol. The molecule has 0 aliphatic carbocycles. The largest absolute Gasteiger partial charge is 0.467 e. The van der Waals surface area contributed by atoms with Gasteiger partial charge in [0.25, 0.3) is 0 Å². The highest BCUT2D eigenvalue weighted by atomic mass is 16.3. The van der Waals surface area contributed by atoms with Crippen LogP contribution in [0.1, 0.15) is 19.6 Å². The minimum atomic E-state index is -1.07. The lowest BCUT2D eigenvalue weighted by molar-refractivity contribution is -0.149. The molecule has 2 rings (SSSR count). The maximum Gasteiger partial charge on any atom is 0.237 e. The summed E-state index contributed by atoms with van der Waals surface area (Å²) in [6.07, 6.45) is 1.56. The van der Waals surface area contributed by atoms with Gasteiger partial charge < -0.3 is 19.5 Å². The third-order valence-corrected chi connectivity index (χ3v) is 3.90. The molecule has 0 atom stereocenters. The third-order valence-electron chi connectivity index (χ3n) is 3.90. The van der Waals surface area contributed by atoms with Gasteiger partial charge in [-0.1, -0.05) is 0 Å². The minimum Gasteiger partial charge on any atom is -0.467 e. The van der Waals surface area contributed by atoms with Gasteiger partial charge in [-0.25, -0.2) is 0 Å². The molecule has 0 spiro atoms. The molecule has 0 saturated carbocycles. The van der Waals surface area contributed by atoms with Crippen molar-refractivity contribution >= 4 is 11.8 Å². The molecule has 1 fully saturated rings. The van der Waals surface area contributed by atoms with Crippen LogP contribution in [0.3, 0.4) is 0 Å². The molecular formula is C15H23N3O3. The molecule has 0 aromatic carbocycles. The van der Waals surface area contributed by atoms with E-state index in [1.165, 1.54) is 0 Å². The lowest BCUT2D eigenvalue weighted by Crippen LogP contribution is -2.54. The summed E-state index contributed by atoms with van der Waals surface area (Å²) in [6, 6.07) is 3.55. The standard InChI is InChI=1S/C15H23N3O3/c1-15(2,13(19)16-11-12-5-4-10-21-12)14(20)18-8-6-17(3)7-9-18/h4-5,10H,6-9,11H2,1-3H3,(H,16,19). The molecule has 6 heteroatoms. The van der Waals surface area contributed by atoms with Gasteiger partial charge in [-0.05, 0) is 33.0 Å². The Morgan fingerprint density at radius 2 is 1.95 bits per heavy atom. The molecule has 1 aliphatic heterocycles. The molecule has 116 valence electrons. The van der Waals surface area contributed by atoms with Gasteiger partial charge >= 0.3 is 0 Å². The van der Waals surface area contributed by atoms with Crippen LogP contribution in [0.15, 0.2) is 22.8 Å². The summed E-state index contributed by atoms with van der Waals surface area (Å²) in [4.78, 5) is 28.8. The van der Waals surface area contributed by atoms with Gasteiger partial charge in [0, 0.05) is 26.2 Å². The van der Waals surface area contributed by atoms with Gasteiger partial charge in [0.05, 0.1) is 12.8 Å². The van der Waals surface area contributed by atoms with Crippen LogP contribution in [-0.4, -0.2) is 54.8 Å². The smallest absolute Gasteiger partial charge is 0.237 e. The topological polar surface area (TPSA) is 65.8 Å². The quantitative estimate of drug-likeness (QED) is 0.830. The van der Waals surface area contributed by atoms with Gasteiger partial charge in [0.15, 0.2) is 0 Å². The molecule has 1 aliphatic rings. The first kappa shape index (κ1) is 15.6. The second-order valence-corrected chi connectivity index (χ2v) is 5.98. The fourth-order valence-corrected chi connectivity index (χ4v) is 2.30. The highest BCUT2D eigenvalue weighted by molar-refractivity contribution is 6.04. The van der Waals surface area contributed by atoms with E-state index >= 15 is 0 Å². The summed E-state index contributed by atoms with van der Waals surface area (Å²) in [5.41, 5.74) is -1.07. The zero-order valence-corrected chi connectivity index (χ0v) is 12.9. The van der Waals surface area contributed by atoms with Crippen LogP contribution < -0.4 is 5.32 Å². The number of rotatable bonds is 4. The molecule has 2 heterocycles. The summed E-state index contributed by atoms with van der Waals surface area (Å²) in [6.45, 7) is 6.67. The summed E-state index contributed by atoms with van der Waals surface area (Å²) < 4.78 is 5.17. The molecule has 1 saturated heterocycles. The molecule has 0 radical (unpaired) electrons. The Bertz CT molecular complexity index is 488. The van der Waals surface area contributed by atoms with Gasteiger partial charge in [-0.15, -0.1) is 0 Å². The highest BCUT2D eigenvalue weighted by Crippen LogP contribution is 2.20. The summed E-state index contributed by atoms with van der Waals surface area (Å²) in [7, 11) is 2.03. The van der Waals surface area contributed by atoms with Crippen LogP contribution in [0.5, 0.6) is 0 Å². The highest BCUT2D eigenvalue weighted by Gasteiger charge is 2.39. The van der Waals surface area contributed by atoms with E-state index in [2.05, 4.69) is 10.2 Å². The van der Waals surface area contributed by atoms with E-state index in [1.54, 1.807) is 37.1 Å². The lowest BCUT2D eigenvalue weighted by Gasteiger charge is -2.36. The molecule has 0 bridgehead atoms. The van der Waals surface area contributed by atoms with E-state index in [9.17, 15) is 9.59 Å². The molecule has 6 nitrogen and oxygen atoms in total. The minimum absolute atomic E-state index is 0.118. The van der Waals surface area contributed by atoms with Gasteiger partial charge in [0.2, 0.25) is 11.8 Å². The number of carbonyl (C=O) groups excluding carboxylic acids is 2. The number of nitrogens with zero attached hydrogens (tertiary/aromatic N) is 2. The molecule has 1 aromatic rings. The number of amides is 2. The molecule has 0 unspecified atom stereocenters. The zero-order valence-electron chi connectivity index (χ0n) is 12.9. The van der Waals surface area contributed by atoms with Crippen LogP contribution in [0, 0.1) is 5.41 Å². The Balaban J connectivity index is 1.92. The number of piperazine rings is 1. The van der Waals surface area contributed by atoms with Crippen LogP contribution in [0.2, 0.25) is 0 Å².